The Labute approximate surface area is 143 Å². The van der Waals surface area contributed by atoms with Crippen LogP contribution in [0.15, 0.2) is 55.9 Å². The monoisotopic (exact) mass is 426 g/mol. The third-order valence-corrected chi connectivity index (χ3v) is 4.31. The quantitative estimate of drug-likeness (QED) is 0.564. The van der Waals surface area contributed by atoms with Crippen LogP contribution in [0.5, 0.6) is 0 Å². The first-order valence-corrected chi connectivity index (χ1v) is 7.99. The maximum Gasteiger partial charge on any atom is 0.178 e. The number of hydrogen-bond donors (Lipinski definition) is 1. The molecule has 0 aliphatic carbocycles. The fourth-order valence-corrected chi connectivity index (χ4v) is 3.24. The number of anilines is 1. The number of nitrogens with two attached hydrogens (primary N) is 1. The summed E-state index contributed by atoms with van der Waals surface area (Å²) in [5, 5.41) is 4.45. The molecule has 6 heteroatoms. The van der Waals surface area contributed by atoms with E-state index in [1.807, 2.05) is 36.4 Å². The normalized spacial score (nSPS) is 10.8. The predicted molar refractivity (Wildman–Crippen MR) is 92.2 cm³/mol. The fourth-order valence-electron chi connectivity index (χ4n) is 2.08. The number of benzene rings is 2. The van der Waals surface area contributed by atoms with Gasteiger partial charge >= 0.3 is 0 Å². The van der Waals surface area contributed by atoms with Crippen molar-refractivity contribution in [2.75, 3.05) is 5.73 Å². The highest BCUT2D eigenvalue weighted by atomic mass is 79.9. The van der Waals surface area contributed by atoms with E-state index in [-0.39, 0.29) is 0 Å². The Hall–Kier alpha value is -1.30. The van der Waals surface area contributed by atoms with Crippen LogP contribution in [0.25, 0.3) is 22.5 Å². The second kappa shape index (κ2) is 5.83. The molecular formula is C15H9Br2ClN2O. The molecule has 3 aromatic rings. The van der Waals surface area contributed by atoms with Gasteiger partial charge in [-0.2, -0.15) is 0 Å². The smallest absolute Gasteiger partial charge is 0.178 e. The number of hydrogen-bond acceptors (Lipinski definition) is 3. The lowest BCUT2D eigenvalue weighted by Gasteiger charge is -2.05. The van der Waals surface area contributed by atoms with Crippen molar-refractivity contribution in [1.82, 2.24) is 5.16 Å². The van der Waals surface area contributed by atoms with Gasteiger partial charge in [0.25, 0.3) is 0 Å². The van der Waals surface area contributed by atoms with Crippen molar-refractivity contribution in [3.8, 4) is 22.5 Å². The number of nitrogens with zero attached hydrogens (tertiary/aromatic N) is 1. The molecule has 0 fully saturated rings. The van der Waals surface area contributed by atoms with Crippen molar-refractivity contribution >= 4 is 49.3 Å². The van der Waals surface area contributed by atoms with Gasteiger partial charge in [0.05, 0.1) is 10.6 Å². The fraction of sp³-hybridized carbons (Fsp3) is 0. The van der Waals surface area contributed by atoms with Gasteiger partial charge in [0, 0.05) is 14.5 Å². The van der Waals surface area contributed by atoms with Crippen LogP contribution in [0, 0.1) is 0 Å². The Balaban J connectivity index is 2.22. The summed E-state index contributed by atoms with van der Waals surface area (Å²) in [6.45, 7) is 0. The van der Waals surface area contributed by atoms with Gasteiger partial charge in [0.15, 0.2) is 11.6 Å². The van der Waals surface area contributed by atoms with Gasteiger partial charge in [-0.1, -0.05) is 60.8 Å². The summed E-state index contributed by atoms with van der Waals surface area (Å²) in [4.78, 5) is 0. The van der Waals surface area contributed by atoms with Crippen LogP contribution < -0.4 is 5.73 Å². The largest absolute Gasteiger partial charge is 0.380 e. The molecule has 3 rings (SSSR count). The van der Waals surface area contributed by atoms with Crippen LogP contribution in [0.3, 0.4) is 0 Å². The standard InChI is InChI=1S/C15H9Br2ClN2O/c16-9-3-1-2-8(6-9)13-14(21-20-15(13)19)11-5-4-10(17)7-12(11)18/h1-7H,(H2,19,20). The van der Waals surface area contributed by atoms with E-state index in [1.54, 1.807) is 6.07 Å². The third kappa shape index (κ3) is 2.86. The maximum absolute atomic E-state index is 6.30. The second-order valence-electron chi connectivity index (χ2n) is 4.41. The van der Waals surface area contributed by atoms with Crippen molar-refractivity contribution < 1.29 is 4.52 Å². The summed E-state index contributed by atoms with van der Waals surface area (Å²) in [6.07, 6.45) is 0. The molecule has 0 saturated carbocycles. The molecule has 1 aromatic heterocycles. The minimum Gasteiger partial charge on any atom is -0.380 e. The predicted octanol–water partition coefficient (Wildman–Crippen LogP) is 5.77. The van der Waals surface area contributed by atoms with Gasteiger partial charge in [-0.25, -0.2) is 0 Å². The second-order valence-corrected chi connectivity index (χ2v) is 6.65. The zero-order valence-electron chi connectivity index (χ0n) is 10.6. The zero-order valence-corrected chi connectivity index (χ0v) is 14.5. The van der Waals surface area contributed by atoms with Crippen LogP contribution in [-0.4, -0.2) is 5.16 Å². The van der Waals surface area contributed by atoms with Crippen molar-refractivity contribution in [3.05, 3.63) is 56.4 Å². The SMILES string of the molecule is Nc1noc(-c2ccc(Br)cc2Cl)c1-c1cccc(Br)c1. The Bertz CT molecular complexity index is 817. The third-order valence-electron chi connectivity index (χ3n) is 3.01. The van der Waals surface area contributed by atoms with E-state index in [4.69, 9.17) is 21.9 Å². The van der Waals surface area contributed by atoms with Crippen LogP contribution in [-0.2, 0) is 0 Å². The van der Waals surface area contributed by atoms with Crippen LogP contribution in [0.4, 0.5) is 5.82 Å². The first kappa shape index (κ1) is 14.6. The summed E-state index contributed by atoms with van der Waals surface area (Å²) >= 11 is 13.1. The van der Waals surface area contributed by atoms with E-state index in [0.29, 0.717) is 16.6 Å². The number of rotatable bonds is 2. The van der Waals surface area contributed by atoms with Crippen molar-refractivity contribution in [3.63, 3.8) is 0 Å². The first-order valence-electron chi connectivity index (χ1n) is 6.03. The Kier molecular flexibility index (Phi) is 4.06. The highest BCUT2D eigenvalue weighted by molar-refractivity contribution is 9.10. The summed E-state index contributed by atoms with van der Waals surface area (Å²) < 4.78 is 7.25. The minimum atomic E-state index is 0.335. The summed E-state index contributed by atoms with van der Waals surface area (Å²) in [5.41, 5.74) is 8.37. The van der Waals surface area contributed by atoms with E-state index in [9.17, 15) is 0 Å². The van der Waals surface area contributed by atoms with Gasteiger partial charge < -0.3 is 10.3 Å². The molecule has 0 aliphatic heterocycles. The van der Waals surface area contributed by atoms with E-state index in [2.05, 4.69) is 37.0 Å². The van der Waals surface area contributed by atoms with Gasteiger partial charge in [-0.15, -0.1) is 0 Å². The van der Waals surface area contributed by atoms with Crippen molar-refractivity contribution in [1.29, 1.82) is 0 Å². The van der Waals surface area contributed by atoms with E-state index >= 15 is 0 Å². The zero-order chi connectivity index (χ0) is 15.0. The summed E-state index contributed by atoms with van der Waals surface area (Å²) in [5.74, 6) is 0.894. The molecule has 2 aromatic carbocycles. The average Bonchev–Trinajstić information content (AvgIpc) is 2.80. The van der Waals surface area contributed by atoms with Gasteiger partial charge in [-0.05, 0) is 35.9 Å². The lowest BCUT2D eigenvalue weighted by atomic mass is 10.0. The van der Waals surface area contributed by atoms with E-state index in [1.165, 1.54) is 0 Å². The molecule has 0 radical (unpaired) electrons. The molecule has 3 nitrogen and oxygen atoms in total. The molecule has 21 heavy (non-hydrogen) atoms. The van der Waals surface area contributed by atoms with Crippen LogP contribution in [0.2, 0.25) is 5.02 Å². The number of nitrogen functional groups attached to an aromatic ring is 1. The number of aromatic nitrogens is 1. The van der Waals surface area contributed by atoms with Gasteiger partial charge in [0.1, 0.15) is 0 Å². The molecule has 106 valence electrons. The highest BCUT2D eigenvalue weighted by Gasteiger charge is 2.19. The molecule has 1 heterocycles. The van der Waals surface area contributed by atoms with Gasteiger partial charge in [-0.3, -0.25) is 0 Å². The van der Waals surface area contributed by atoms with E-state index < -0.39 is 0 Å². The highest BCUT2D eigenvalue weighted by Crippen LogP contribution is 2.40. The molecule has 0 unspecified atom stereocenters. The Morgan fingerprint density at radius 1 is 1.05 bits per heavy atom. The molecule has 0 atom stereocenters. The minimum absolute atomic E-state index is 0.335. The Morgan fingerprint density at radius 3 is 2.52 bits per heavy atom. The first-order chi connectivity index (χ1) is 10.1. The molecule has 0 spiro atoms. The molecule has 0 aliphatic rings. The molecular weight excluding hydrogens is 419 g/mol. The average molecular weight is 429 g/mol. The molecule has 2 N–H and O–H groups in total. The van der Waals surface area contributed by atoms with Gasteiger partial charge in [0.2, 0.25) is 0 Å². The van der Waals surface area contributed by atoms with Crippen molar-refractivity contribution in [2.24, 2.45) is 0 Å². The molecule has 0 saturated heterocycles. The Morgan fingerprint density at radius 2 is 1.81 bits per heavy atom. The van der Waals surface area contributed by atoms with E-state index in [0.717, 1.165) is 25.6 Å². The summed E-state index contributed by atoms with van der Waals surface area (Å²) in [6, 6.07) is 13.3. The maximum atomic E-state index is 6.30. The molecule has 0 amide bonds. The van der Waals surface area contributed by atoms with Crippen LogP contribution >= 0.6 is 43.5 Å². The molecule has 0 bridgehead atoms. The summed E-state index contributed by atoms with van der Waals surface area (Å²) in [7, 11) is 0. The van der Waals surface area contributed by atoms with Crippen LogP contribution in [0.1, 0.15) is 0 Å². The number of halogens is 3. The van der Waals surface area contributed by atoms with Crippen molar-refractivity contribution in [2.45, 2.75) is 0 Å². The lowest BCUT2D eigenvalue weighted by Crippen LogP contribution is -1.89. The lowest BCUT2D eigenvalue weighted by molar-refractivity contribution is 0.436. The topological polar surface area (TPSA) is 52.0 Å².